The Hall–Kier alpha value is -3.35. The van der Waals surface area contributed by atoms with Crippen molar-refractivity contribution in [1.82, 2.24) is 25.4 Å². The van der Waals surface area contributed by atoms with E-state index in [-0.39, 0.29) is 0 Å². The molecule has 1 aromatic heterocycles. The molecule has 0 aliphatic carbocycles. The molecule has 29 heavy (non-hydrogen) atoms. The normalized spacial score (nSPS) is 11.3. The van der Waals surface area contributed by atoms with Crippen LogP contribution in [0.15, 0.2) is 65.9 Å². The van der Waals surface area contributed by atoms with Crippen molar-refractivity contribution in [3.8, 4) is 5.75 Å². The molecule has 0 fully saturated rings. The van der Waals surface area contributed by atoms with Gasteiger partial charge in [-0.25, -0.2) is 0 Å². The van der Waals surface area contributed by atoms with E-state index in [4.69, 9.17) is 4.74 Å². The Balaban J connectivity index is 1.45. The topological polar surface area (TPSA) is 76.4 Å². The third kappa shape index (κ3) is 6.34. The lowest BCUT2D eigenvalue weighted by molar-refractivity contribution is 0.306. The molecule has 3 rings (SSSR count). The summed E-state index contributed by atoms with van der Waals surface area (Å²) in [5, 5.41) is 14.7. The Morgan fingerprint density at radius 1 is 1.07 bits per heavy atom. The summed E-state index contributed by atoms with van der Waals surface area (Å²) >= 11 is 0. The second-order valence-electron chi connectivity index (χ2n) is 6.57. The Kier molecular flexibility index (Phi) is 7.63. The van der Waals surface area contributed by atoms with Crippen LogP contribution in [0.1, 0.15) is 23.9 Å². The molecular weight excluding hydrogens is 364 g/mol. The molecule has 2 aromatic carbocycles. The van der Waals surface area contributed by atoms with Gasteiger partial charge in [0.1, 0.15) is 24.5 Å². The average molecular weight is 393 g/mol. The van der Waals surface area contributed by atoms with E-state index in [2.05, 4.69) is 50.9 Å². The van der Waals surface area contributed by atoms with Crippen molar-refractivity contribution in [3.05, 3.63) is 77.9 Å². The van der Waals surface area contributed by atoms with Gasteiger partial charge in [-0.3, -0.25) is 4.99 Å². The largest absolute Gasteiger partial charge is 0.489 e. The van der Waals surface area contributed by atoms with Gasteiger partial charge in [-0.2, -0.15) is 0 Å². The molecule has 0 atom stereocenters. The molecule has 7 nitrogen and oxygen atoms in total. The third-order valence-electron chi connectivity index (χ3n) is 4.49. The van der Waals surface area contributed by atoms with Crippen LogP contribution in [0.25, 0.3) is 0 Å². The molecule has 0 bridgehead atoms. The van der Waals surface area contributed by atoms with Gasteiger partial charge in [0.15, 0.2) is 5.96 Å². The molecule has 0 saturated carbocycles. The van der Waals surface area contributed by atoms with Crippen LogP contribution < -0.4 is 15.4 Å². The fraction of sp³-hybridized carbons (Fsp3) is 0.318. The summed E-state index contributed by atoms with van der Waals surface area (Å²) in [4.78, 5) is 4.29. The van der Waals surface area contributed by atoms with Gasteiger partial charge >= 0.3 is 0 Å². The minimum absolute atomic E-state index is 0.559. The highest BCUT2D eigenvalue weighted by Crippen LogP contribution is 2.15. The van der Waals surface area contributed by atoms with Gasteiger partial charge in [0, 0.05) is 33.1 Å². The van der Waals surface area contributed by atoms with Gasteiger partial charge in [-0.15, -0.1) is 10.2 Å². The second-order valence-corrected chi connectivity index (χ2v) is 6.57. The number of aliphatic imine (C=N–C) groups is 1. The smallest absolute Gasteiger partial charge is 0.191 e. The molecule has 0 unspecified atom stereocenters. The number of ether oxygens (including phenoxy) is 1. The number of guanidine groups is 1. The number of nitrogens with one attached hydrogen (secondary N) is 2. The predicted molar refractivity (Wildman–Crippen MR) is 115 cm³/mol. The number of aromatic nitrogens is 3. The van der Waals surface area contributed by atoms with E-state index in [1.165, 1.54) is 0 Å². The quantitative estimate of drug-likeness (QED) is 0.433. The zero-order chi connectivity index (χ0) is 20.3. The molecule has 0 amide bonds. The summed E-state index contributed by atoms with van der Waals surface area (Å²) in [6.07, 6.45) is 2.63. The maximum Gasteiger partial charge on any atom is 0.191 e. The number of aryl methyl sites for hydroxylation is 1. The van der Waals surface area contributed by atoms with Crippen LogP contribution in [-0.2, 0) is 26.1 Å². The van der Waals surface area contributed by atoms with Crippen LogP contribution >= 0.6 is 0 Å². The van der Waals surface area contributed by atoms with E-state index in [1.807, 2.05) is 41.0 Å². The number of hydrogen-bond acceptors (Lipinski definition) is 4. The van der Waals surface area contributed by atoms with E-state index in [0.717, 1.165) is 48.2 Å². The van der Waals surface area contributed by atoms with Crippen molar-refractivity contribution < 1.29 is 4.74 Å². The predicted octanol–water partition coefficient (Wildman–Crippen LogP) is 2.78. The maximum absolute atomic E-state index is 5.91. The van der Waals surface area contributed by atoms with E-state index < -0.39 is 0 Å². The van der Waals surface area contributed by atoms with Gasteiger partial charge in [-0.05, 0) is 23.3 Å². The van der Waals surface area contributed by atoms with E-state index in [0.29, 0.717) is 13.2 Å². The summed E-state index contributed by atoms with van der Waals surface area (Å²) in [6, 6.07) is 18.3. The molecule has 2 N–H and O–H groups in total. The van der Waals surface area contributed by atoms with Gasteiger partial charge in [0.2, 0.25) is 0 Å². The van der Waals surface area contributed by atoms with Gasteiger partial charge in [-0.1, -0.05) is 49.4 Å². The molecular formula is C22H28N6O. The van der Waals surface area contributed by atoms with Gasteiger partial charge in [0.25, 0.3) is 0 Å². The summed E-state index contributed by atoms with van der Waals surface area (Å²) < 4.78 is 7.96. The first kappa shape index (κ1) is 20.4. The van der Waals surface area contributed by atoms with Crippen LogP contribution in [0, 0.1) is 0 Å². The molecule has 0 aliphatic rings. The Labute approximate surface area is 171 Å². The summed E-state index contributed by atoms with van der Waals surface area (Å²) in [5.41, 5.74) is 2.28. The van der Waals surface area contributed by atoms with Crippen molar-refractivity contribution in [2.45, 2.75) is 33.0 Å². The lowest BCUT2D eigenvalue weighted by Crippen LogP contribution is -2.38. The van der Waals surface area contributed by atoms with Crippen LogP contribution in [0.4, 0.5) is 0 Å². The van der Waals surface area contributed by atoms with Gasteiger partial charge in [0.05, 0.1) is 0 Å². The zero-order valence-electron chi connectivity index (χ0n) is 17.0. The van der Waals surface area contributed by atoms with Crippen LogP contribution in [-0.4, -0.2) is 34.3 Å². The molecule has 152 valence electrons. The molecule has 3 aromatic rings. The lowest BCUT2D eigenvalue weighted by atomic mass is 10.2. The van der Waals surface area contributed by atoms with E-state index in [9.17, 15) is 0 Å². The first-order valence-electron chi connectivity index (χ1n) is 9.85. The SMILES string of the molecule is CCc1nncn1CCNC(=NC)NCc1cccc(OCc2ccccc2)c1. The van der Waals surface area contributed by atoms with E-state index in [1.54, 1.807) is 13.4 Å². The molecule has 0 radical (unpaired) electrons. The lowest BCUT2D eigenvalue weighted by Gasteiger charge is -2.13. The van der Waals surface area contributed by atoms with Crippen molar-refractivity contribution in [2.75, 3.05) is 13.6 Å². The monoisotopic (exact) mass is 392 g/mol. The van der Waals surface area contributed by atoms with Crippen LogP contribution in [0.2, 0.25) is 0 Å². The Morgan fingerprint density at radius 2 is 1.90 bits per heavy atom. The molecule has 1 heterocycles. The fourth-order valence-electron chi connectivity index (χ4n) is 2.93. The minimum atomic E-state index is 0.559. The van der Waals surface area contributed by atoms with E-state index >= 15 is 0 Å². The standard InChI is InChI=1S/C22H28N6O/c1-3-21-27-26-17-28(21)13-12-24-22(23-2)25-15-19-10-7-11-20(14-19)29-16-18-8-5-4-6-9-18/h4-11,14,17H,3,12-13,15-16H2,1-2H3,(H2,23,24,25). The summed E-state index contributed by atoms with van der Waals surface area (Å²) in [7, 11) is 1.77. The second kappa shape index (κ2) is 10.8. The molecule has 0 spiro atoms. The third-order valence-corrected chi connectivity index (χ3v) is 4.49. The number of nitrogens with zero attached hydrogens (tertiary/aromatic N) is 4. The van der Waals surface area contributed by atoms with Crippen LogP contribution in [0.5, 0.6) is 5.75 Å². The van der Waals surface area contributed by atoms with Crippen molar-refractivity contribution >= 4 is 5.96 Å². The first-order valence-corrected chi connectivity index (χ1v) is 9.85. The number of rotatable bonds is 9. The molecule has 0 aliphatic heterocycles. The maximum atomic E-state index is 5.91. The first-order chi connectivity index (χ1) is 14.3. The van der Waals surface area contributed by atoms with Gasteiger partial charge < -0.3 is 19.9 Å². The summed E-state index contributed by atoms with van der Waals surface area (Å²) in [5.74, 6) is 2.60. The Morgan fingerprint density at radius 3 is 2.69 bits per heavy atom. The Bertz CT molecular complexity index is 906. The summed E-state index contributed by atoms with van der Waals surface area (Å²) in [6.45, 7) is 4.83. The number of benzene rings is 2. The highest BCUT2D eigenvalue weighted by atomic mass is 16.5. The minimum Gasteiger partial charge on any atom is -0.489 e. The molecule has 7 heteroatoms. The number of hydrogen-bond donors (Lipinski definition) is 2. The highest BCUT2D eigenvalue weighted by Gasteiger charge is 2.03. The zero-order valence-corrected chi connectivity index (χ0v) is 17.0. The average Bonchev–Trinajstić information content (AvgIpc) is 3.23. The highest BCUT2D eigenvalue weighted by molar-refractivity contribution is 5.79. The molecule has 0 saturated heterocycles. The van der Waals surface area contributed by atoms with Crippen molar-refractivity contribution in [1.29, 1.82) is 0 Å². The van der Waals surface area contributed by atoms with Crippen molar-refractivity contribution in [3.63, 3.8) is 0 Å². The fourth-order valence-corrected chi connectivity index (χ4v) is 2.93. The van der Waals surface area contributed by atoms with Crippen molar-refractivity contribution in [2.24, 2.45) is 4.99 Å². The van der Waals surface area contributed by atoms with Crippen LogP contribution in [0.3, 0.4) is 0 Å².